The van der Waals surface area contributed by atoms with Crippen molar-refractivity contribution in [1.82, 2.24) is 0 Å². The van der Waals surface area contributed by atoms with E-state index in [2.05, 4.69) is 48.5 Å². The maximum atomic E-state index is 12.8. The third-order valence-electron chi connectivity index (χ3n) is 13.4. The van der Waals surface area contributed by atoms with Crippen LogP contribution in [0.15, 0.2) is 11.1 Å². The molecule has 0 unspecified atom stereocenters. The quantitative estimate of drug-likeness (QED) is 0.409. The fraction of sp³-hybridized carbons (Fsp3) is 0.900. The van der Waals surface area contributed by atoms with Crippen molar-refractivity contribution < 1.29 is 15.0 Å². The Balaban J connectivity index is 1.60. The first kappa shape index (κ1) is 23.9. The zero-order valence-corrected chi connectivity index (χ0v) is 22.3. The van der Waals surface area contributed by atoms with Crippen LogP contribution in [0.25, 0.3) is 0 Å². The summed E-state index contributed by atoms with van der Waals surface area (Å²) in [5.41, 5.74) is 2.80. The van der Waals surface area contributed by atoms with E-state index in [9.17, 15) is 15.0 Å². The van der Waals surface area contributed by atoms with Crippen LogP contribution < -0.4 is 0 Å². The van der Waals surface area contributed by atoms with Crippen molar-refractivity contribution in [3.8, 4) is 0 Å². The molecule has 5 aliphatic rings. The highest BCUT2D eigenvalue weighted by Gasteiger charge is 2.69. The van der Waals surface area contributed by atoms with Crippen LogP contribution in [0.4, 0.5) is 0 Å². The van der Waals surface area contributed by atoms with Crippen molar-refractivity contribution in [2.24, 2.45) is 50.7 Å². The minimum atomic E-state index is -0.609. The first-order valence-corrected chi connectivity index (χ1v) is 13.9. The van der Waals surface area contributed by atoms with Gasteiger partial charge >= 0.3 is 5.97 Å². The SMILES string of the molecule is CC1=C2[C@@H]3CC[C@@H]4[C@@]5(C)CC[C@H](O)C(C)(C)[C@@H]5CC[C@@]4(C)[C@]3(C)CC[C@@]2(C(=O)O)CC[C@H]1C. The van der Waals surface area contributed by atoms with Crippen molar-refractivity contribution >= 4 is 5.97 Å². The Kier molecular flexibility index (Phi) is 5.15. The van der Waals surface area contributed by atoms with Gasteiger partial charge in [0, 0.05) is 0 Å². The summed E-state index contributed by atoms with van der Waals surface area (Å²) in [6.07, 6.45) is 10.4. The van der Waals surface area contributed by atoms with Gasteiger partial charge < -0.3 is 10.2 Å². The summed E-state index contributed by atoms with van der Waals surface area (Å²) >= 11 is 0. The predicted octanol–water partition coefficient (Wildman–Crippen LogP) is 7.23. The number of aliphatic carboxylic acids is 1. The van der Waals surface area contributed by atoms with E-state index in [4.69, 9.17) is 0 Å². The number of carbonyl (C=O) groups is 1. The summed E-state index contributed by atoms with van der Waals surface area (Å²) in [6.45, 7) is 16.9. The summed E-state index contributed by atoms with van der Waals surface area (Å²) in [4.78, 5) is 12.8. The van der Waals surface area contributed by atoms with Gasteiger partial charge in [-0.1, -0.05) is 52.7 Å². The molecule has 3 nitrogen and oxygen atoms in total. The van der Waals surface area contributed by atoms with Crippen LogP contribution >= 0.6 is 0 Å². The molecule has 0 aromatic rings. The lowest BCUT2D eigenvalue weighted by molar-refractivity contribution is -0.229. The largest absolute Gasteiger partial charge is 0.481 e. The zero-order valence-electron chi connectivity index (χ0n) is 22.3. The molecule has 0 aromatic carbocycles. The fourth-order valence-electron chi connectivity index (χ4n) is 11.0. The zero-order chi connectivity index (χ0) is 24.2. The van der Waals surface area contributed by atoms with Gasteiger partial charge in [-0.25, -0.2) is 0 Å². The molecular formula is C30H48O3. The third-order valence-corrected chi connectivity index (χ3v) is 13.4. The smallest absolute Gasteiger partial charge is 0.313 e. The average Bonchev–Trinajstić information content (AvgIpc) is 2.74. The molecule has 5 rings (SSSR count). The molecule has 5 aliphatic carbocycles. The Labute approximate surface area is 201 Å². The normalized spacial score (nSPS) is 53.4. The van der Waals surface area contributed by atoms with Crippen LogP contribution in [-0.4, -0.2) is 22.3 Å². The lowest BCUT2D eigenvalue weighted by atomic mass is 9.32. The maximum Gasteiger partial charge on any atom is 0.313 e. The van der Waals surface area contributed by atoms with Crippen molar-refractivity contribution in [1.29, 1.82) is 0 Å². The number of hydrogen-bond acceptors (Lipinski definition) is 2. The van der Waals surface area contributed by atoms with Gasteiger partial charge in [0.05, 0.1) is 11.5 Å². The molecule has 0 saturated heterocycles. The molecule has 9 atom stereocenters. The highest BCUT2D eigenvalue weighted by molar-refractivity contribution is 5.80. The van der Waals surface area contributed by atoms with Gasteiger partial charge in [0.15, 0.2) is 0 Å². The molecule has 186 valence electrons. The van der Waals surface area contributed by atoms with Crippen molar-refractivity contribution in [2.75, 3.05) is 0 Å². The fourth-order valence-corrected chi connectivity index (χ4v) is 11.0. The highest BCUT2D eigenvalue weighted by Crippen LogP contribution is 2.76. The monoisotopic (exact) mass is 456 g/mol. The molecule has 0 aliphatic heterocycles. The third kappa shape index (κ3) is 2.75. The van der Waals surface area contributed by atoms with Gasteiger partial charge in [0.1, 0.15) is 0 Å². The summed E-state index contributed by atoms with van der Waals surface area (Å²) in [5.74, 6) is 1.60. The van der Waals surface area contributed by atoms with Gasteiger partial charge in [0.2, 0.25) is 0 Å². The molecule has 33 heavy (non-hydrogen) atoms. The number of fused-ring (bicyclic) bond motifs is 7. The van der Waals surface area contributed by atoms with Crippen molar-refractivity contribution in [2.45, 2.75) is 119 Å². The Morgan fingerprint density at radius 2 is 1.52 bits per heavy atom. The summed E-state index contributed by atoms with van der Waals surface area (Å²) < 4.78 is 0. The van der Waals surface area contributed by atoms with Crippen LogP contribution in [-0.2, 0) is 4.79 Å². The second kappa shape index (κ2) is 7.11. The van der Waals surface area contributed by atoms with Gasteiger partial charge in [-0.2, -0.15) is 0 Å². The molecule has 3 heteroatoms. The van der Waals surface area contributed by atoms with E-state index in [0.29, 0.717) is 23.7 Å². The number of allylic oxidation sites excluding steroid dienone is 1. The number of rotatable bonds is 1. The number of carboxylic acids is 1. The summed E-state index contributed by atoms with van der Waals surface area (Å²) in [6, 6.07) is 0. The highest BCUT2D eigenvalue weighted by atomic mass is 16.4. The van der Waals surface area contributed by atoms with E-state index in [-0.39, 0.29) is 27.8 Å². The molecule has 0 aromatic heterocycles. The number of carboxylic acid groups (broad SMARTS) is 1. The maximum absolute atomic E-state index is 12.8. The molecule has 4 saturated carbocycles. The van der Waals surface area contributed by atoms with E-state index in [0.717, 1.165) is 44.9 Å². The van der Waals surface area contributed by atoms with Crippen molar-refractivity contribution in [3.05, 3.63) is 11.1 Å². The second-order valence-corrected chi connectivity index (χ2v) is 14.4. The van der Waals surface area contributed by atoms with E-state index in [1.165, 1.54) is 30.4 Å². The molecule has 0 amide bonds. The van der Waals surface area contributed by atoms with Gasteiger partial charge in [-0.05, 0) is 116 Å². The summed E-state index contributed by atoms with van der Waals surface area (Å²) in [5, 5.41) is 21.4. The Bertz CT molecular complexity index is 887. The average molecular weight is 457 g/mol. The second-order valence-electron chi connectivity index (χ2n) is 14.4. The standard InChI is InChI=1S/C30H48O3/c1-18-10-15-30(25(32)33)17-16-28(6)20(24(30)19(18)2)8-9-22-27(5)13-12-23(31)26(3,4)21(27)11-14-29(22,28)7/h18,20-23,31H,8-17H2,1-7H3,(H,32,33)/t18-,20+,21+,22-,23+,27+,28-,29-,30+/m1/s1. The van der Waals surface area contributed by atoms with Crippen LogP contribution in [0.2, 0.25) is 0 Å². The number of aliphatic hydroxyl groups is 1. The molecule has 4 fully saturated rings. The molecular weight excluding hydrogens is 408 g/mol. The lowest BCUT2D eigenvalue weighted by Gasteiger charge is -2.72. The topological polar surface area (TPSA) is 57.5 Å². The van der Waals surface area contributed by atoms with Gasteiger partial charge in [-0.15, -0.1) is 0 Å². The first-order valence-electron chi connectivity index (χ1n) is 13.9. The molecule has 0 spiro atoms. The first-order chi connectivity index (χ1) is 15.3. The van der Waals surface area contributed by atoms with Gasteiger partial charge in [-0.3, -0.25) is 4.79 Å². The predicted molar refractivity (Wildman–Crippen MR) is 133 cm³/mol. The van der Waals surface area contributed by atoms with E-state index in [1.807, 2.05) is 0 Å². The van der Waals surface area contributed by atoms with Crippen LogP contribution in [0, 0.1) is 50.7 Å². The number of hydrogen-bond donors (Lipinski definition) is 2. The van der Waals surface area contributed by atoms with Crippen LogP contribution in [0.3, 0.4) is 0 Å². The lowest BCUT2D eigenvalue weighted by Crippen LogP contribution is -2.66. The van der Waals surface area contributed by atoms with Crippen LogP contribution in [0.5, 0.6) is 0 Å². The molecule has 0 heterocycles. The minimum absolute atomic E-state index is 0.0188. The molecule has 2 N–H and O–H groups in total. The van der Waals surface area contributed by atoms with Crippen LogP contribution in [0.1, 0.15) is 113 Å². The van der Waals surface area contributed by atoms with Gasteiger partial charge in [0.25, 0.3) is 0 Å². The molecule has 0 bridgehead atoms. The summed E-state index contributed by atoms with van der Waals surface area (Å²) in [7, 11) is 0. The van der Waals surface area contributed by atoms with E-state index in [1.54, 1.807) is 0 Å². The Morgan fingerprint density at radius 1 is 0.818 bits per heavy atom. The Hall–Kier alpha value is -0.830. The molecule has 0 radical (unpaired) electrons. The van der Waals surface area contributed by atoms with E-state index < -0.39 is 11.4 Å². The minimum Gasteiger partial charge on any atom is -0.481 e. The Morgan fingerprint density at radius 3 is 2.18 bits per heavy atom. The van der Waals surface area contributed by atoms with E-state index >= 15 is 0 Å². The number of aliphatic hydroxyl groups excluding tert-OH is 1. The van der Waals surface area contributed by atoms with Crippen molar-refractivity contribution in [3.63, 3.8) is 0 Å².